The third-order valence-electron chi connectivity index (χ3n) is 3.92. The first-order chi connectivity index (χ1) is 11.9. The Morgan fingerprint density at radius 3 is 2.56 bits per heavy atom. The first-order valence-corrected chi connectivity index (χ1v) is 8.33. The van der Waals surface area contributed by atoms with Crippen molar-refractivity contribution >= 4 is 39.1 Å². The molecular formula is C17H16N4O3S. The maximum Gasteiger partial charge on any atom is 0.262 e. The highest BCUT2D eigenvalue weighted by Gasteiger charge is 2.14. The van der Waals surface area contributed by atoms with Gasteiger partial charge in [0.05, 0.1) is 11.7 Å². The highest BCUT2D eigenvalue weighted by atomic mass is 32.1. The van der Waals surface area contributed by atoms with Gasteiger partial charge in [0.1, 0.15) is 11.4 Å². The molecule has 0 aliphatic rings. The van der Waals surface area contributed by atoms with E-state index in [0.717, 1.165) is 10.4 Å². The number of aryl methyl sites for hydroxylation is 2. The molecule has 0 radical (unpaired) electrons. The number of thiophene rings is 1. The first kappa shape index (κ1) is 16.8. The number of benzene rings is 1. The predicted molar refractivity (Wildman–Crippen MR) is 96.9 cm³/mol. The highest BCUT2D eigenvalue weighted by molar-refractivity contribution is 7.18. The standard InChI is InChI=1S/C17H16N4O3S/c1-9-10(2)25-16-14(9)17(24)21(8-19-16)7-13(22)20-12-5-3-11(4-6-12)15(18)23/h3-6,8H,7H2,1-2H3,(H2,18,23)(H,20,22). The molecule has 3 rings (SSSR count). The minimum atomic E-state index is -0.537. The van der Waals surface area contributed by atoms with Gasteiger partial charge in [-0.3, -0.25) is 19.0 Å². The SMILES string of the molecule is Cc1sc2ncn(CC(=O)Nc3ccc(C(N)=O)cc3)c(=O)c2c1C. The zero-order valence-corrected chi connectivity index (χ0v) is 14.5. The average Bonchev–Trinajstić information content (AvgIpc) is 2.86. The molecule has 0 aliphatic heterocycles. The Balaban J connectivity index is 1.80. The summed E-state index contributed by atoms with van der Waals surface area (Å²) in [6, 6.07) is 6.20. The van der Waals surface area contributed by atoms with E-state index in [-0.39, 0.29) is 18.0 Å². The number of nitrogens with zero attached hydrogens (tertiary/aromatic N) is 2. The molecule has 2 aromatic heterocycles. The van der Waals surface area contributed by atoms with Crippen LogP contribution in [0.1, 0.15) is 20.8 Å². The molecule has 0 saturated heterocycles. The van der Waals surface area contributed by atoms with E-state index in [1.807, 2.05) is 13.8 Å². The second-order valence-electron chi connectivity index (χ2n) is 5.63. The van der Waals surface area contributed by atoms with Crippen LogP contribution in [0.25, 0.3) is 10.2 Å². The van der Waals surface area contributed by atoms with Crippen molar-refractivity contribution in [2.45, 2.75) is 20.4 Å². The van der Waals surface area contributed by atoms with Gasteiger partial charge in [0.25, 0.3) is 5.56 Å². The summed E-state index contributed by atoms with van der Waals surface area (Å²) in [5, 5.41) is 3.23. The Kier molecular flexibility index (Phi) is 4.37. The molecule has 0 unspecified atom stereocenters. The second kappa shape index (κ2) is 6.48. The minimum absolute atomic E-state index is 0.145. The number of amides is 2. The van der Waals surface area contributed by atoms with Crippen molar-refractivity contribution in [2.75, 3.05) is 5.32 Å². The van der Waals surface area contributed by atoms with Crippen LogP contribution in [0.4, 0.5) is 5.69 Å². The van der Waals surface area contributed by atoms with Crippen LogP contribution < -0.4 is 16.6 Å². The van der Waals surface area contributed by atoms with Crippen molar-refractivity contribution in [2.24, 2.45) is 5.73 Å². The summed E-state index contributed by atoms with van der Waals surface area (Å²) in [4.78, 5) is 41.8. The van der Waals surface area contributed by atoms with Gasteiger partial charge in [0.2, 0.25) is 11.8 Å². The molecule has 3 aromatic rings. The van der Waals surface area contributed by atoms with Gasteiger partial charge in [-0.2, -0.15) is 0 Å². The number of rotatable bonds is 4. The monoisotopic (exact) mass is 356 g/mol. The van der Waals surface area contributed by atoms with Crippen molar-refractivity contribution in [3.05, 3.63) is 57.0 Å². The van der Waals surface area contributed by atoms with Crippen molar-refractivity contribution in [1.29, 1.82) is 0 Å². The van der Waals surface area contributed by atoms with Gasteiger partial charge in [-0.25, -0.2) is 4.98 Å². The summed E-state index contributed by atoms with van der Waals surface area (Å²) in [5.41, 5.74) is 6.71. The van der Waals surface area contributed by atoms with E-state index in [9.17, 15) is 14.4 Å². The van der Waals surface area contributed by atoms with E-state index in [1.165, 1.54) is 34.4 Å². The number of primary amides is 1. The maximum absolute atomic E-state index is 12.6. The summed E-state index contributed by atoms with van der Waals surface area (Å²) in [6.45, 7) is 3.67. The summed E-state index contributed by atoms with van der Waals surface area (Å²) < 4.78 is 1.29. The molecular weight excluding hydrogens is 340 g/mol. The fraction of sp³-hybridized carbons (Fsp3) is 0.176. The molecule has 7 nitrogen and oxygen atoms in total. The van der Waals surface area contributed by atoms with Crippen LogP contribution >= 0.6 is 11.3 Å². The Morgan fingerprint density at radius 1 is 1.24 bits per heavy atom. The number of nitrogens with one attached hydrogen (secondary N) is 1. The summed E-state index contributed by atoms with van der Waals surface area (Å²) in [7, 11) is 0. The van der Waals surface area contributed by atoms with E-state index in [0.29, 0.717) is 21.5 Å². The van der Waals surface area contributed by atoms with Crippen LogP contribution in [0.2, 0.25) is 0 Å². The molecule has 1 aromatic carbocycles. The van der Waals surface area contributed by atoms with E-state index in [2.05, 4.69) is 10.3 Å². The quantitative estimate of drug-likeness (QED) is 0.743. The van der Waals surface area contributed by atoms with Crippen LogP contribution in [0.3, 0.4) is 0 Å². The topological polar surface area (TPSA) is 107 Å². The van der Waals surface area contributed by atoms with Gasteiger partial charge in [0.15, 0.2) is 0 Å². The van der Waals surface area contributed by atoms with Crippen LogP contribution in [0.15, 0.2) is 35.4 Å². The number of fused-ring (bicyclic) bond motifs is 1. The molecule has 0 aliphatic carbocycles. The van der Waals surface area contributed by atoms with Crippen LogP contribution in [-0.4, -0.2) is 21.4 Å². The third-order valence-corrected chi connectivity index (χ3v) is 5.04. The Morgan fingerprint density at radius 2 is 1.92 bits per heavy atom. The number of hydrogen-bond donors (Lipinski definition) is 2. The predicted octanol–water partition coefficient (Wildman–Crippen LogP) is 1.81. The van der Waals surface area contributed by atoms with E-state index in [1.54, 1.807) is 12.1 Å². The van der Waals surface area contributed by atoms with Crippen LogP contribution in [0.5, 0.6) is 0 Å². The van der Waals surface area contributed by atoms with E-state index < -0.39 is 5.91 Å². The van der Waals surface area contributed by atoms with Crippen LogP contribution in [-0.2, 0) is 11.3 Å². The zero-order valence-electron chi connectivity index (χ0n) is 13.7. The lowest BCUT2D eigenvalue weighted by Gasteiger charge is -2.08. The maximum atomic E-state index is 12.6. The number of carbonyl (C=O) groups excluding carboxylic acids is 2. The highest BCUT2D eigenvalue weighted by Crippen LogP contribution is 2.25. The molecule has 2 heterocycles. The van der Waals surface area contributed by atoms with Gasteiger partial charge >= 0.3 is 0 Å². The zero-order chi connectivity index (χ0) is 18.1. The molecule has 0 bridgehead atoms. The molecule has 3 N–H and O–H groups in total. The van der Waals surface area contributed by atoms with Crippen molar-refractivity contribution in [3.8, 4) is 0 Å². The van der Waals surface area contributed by atoms with Crippen LogP contribution in [0, 0.1) is 13.8 Å². The van der Waals surface area contributed by atoms with Crippen molar-refractivity contribution in [3.63, 3.8) is 0 Å². The second-order valence-corrected chi connectivity index (χ2v) is 6.83. The van der Waals surface area contributed by atoms with Gasteiger partial charge in [-0.1, -0.05) is 0 Å². The minimum Gasteiger partial charge on any atom is -0.366 e. The van der Waals surface area contributed by atoms with Crippen molar-refractivity contribution < 1.29 is 9.59 Å². The summed E-state index contributed by atoms with van der Waals surface area (Å²) >= 11 is 1.46. The molecule has 0 fully saturated rings. The number of aromatic nitrogens is 2. The summed E-state index contributed by atoms with van der Waals surface area (Å²) in [5.74, 6) is -0.898. The Bertz CT molecular complexity index is 1030. The molecule has 2 amide bonds. The molecule has 0 atom stereocenters. The number of anilines is 1. The molecule has 128 valence electrons. The first-order valence-electron chi connectivity index (χ1n) is 7.51. The van der Waals surface area contributed by atoms with Gasteiger partial charge in [-0.15, -0.1) is 11.3 Å². The Labute approximate surface area is 147 Å². The van der Waals surface area contributed by atoms with E-state index >= 15 is 0 Å². The smallest absolute Gasteiger partial charge is 0.262 e. The molecule has 8 heteroatoms. The van der Waals surface area contributed by atoms with E-state index in [4.69, 9.17) is 5.73 Å². The lowest BCUT2D eigenvalue weighted by atomic mass is 10.2. The van der Waals surface area contributed by atoms with Gasteiger partial charge in [-0.05, 0) is 43.7 Å². The number of hydrogen-bond acceptors (Lipinski definition) is 5. The molecule has 0 spiro atoms. The summed E-state index contributed by atoms with van der Waals surface area (Å²) in [6.07, 6.45) is 1.38. The lowest BCUT2D eigenvalue weighted by molar-refractivity contribution is -0.116. The van der Waals surface area contributed by atoms with Gasteiger partial charge in [0, 0.05) is 16.1 Å². The van der Waals surface area contributed by atoms with Crippen molar-refractivity contribution in [1.82, 2.24) is 9.55 Å². The largest absolute Gasteiger partial charge is 0.366 e. The third kappa shape index (κ3) is 3.29. The fourth-order valence-corrected chi connectivity index (χ4v) is 3.44. The molecule has 25 heavy (non-hydrogen) atoms. The number of nitrogens with two attached hydrogens (primary N) is 1. The average molecular weight is 356 g/mol. The molecule has 0 saturated carbocycles. The lowest BCUT2D eigenvalue weighted by Crippen LogP contribution is -2.27. The number of carbonyl (C=O) groups is 2. The fourth-order valence-electron chi connectivity index (χ4n) is 2.46. The normalized spacial score (nSPS) is 10.8. The Hall–Kier alpha value is -3.00. The van der Waals surface area contributed by atoms with Gasteiger partial charge < -0.3 is 11.1 Å².